The highest BCUT2D eigenvalue weighted by atomic mass is 16.2. The predicted molar refractivity (Wildman–Crippen MR) is 128 cm³/mol. The van der Waals surface area contributed by atoms with Gasteiger partial charge in [0.15, 0.2) is 5.96 Å². The first-order valence-corrected chi connectivity index (χ1v) is 11.1. The van der Waals surface area contributed by atoms with Crippen LogP contribution in [0.2, 0.25) is 0 Å². The normalized spacial score (nSPS) is 13.2. The van der Waals surface area contributed by atoms with E-state index >= 15 is 0 Å². The molecule has 7 heteroatoms. The van der Waals surface area contributed by atoms with Crippen molar-refractivity contribution in [3.63, 3.8) is 0 Å². The Morgan fingerprint density at radius 1 is 1.06 bits per heavy atom. The van der Waals surface area contributed by atoms with Crippen molar-refractivity contribution in [3.05, 3.63) is 77.1 Å². The Kier molecular flexibility index (Phi) is 6.54. The minimum absolute atomic E-state index is 0.0450. The maximum atomic E-state index is 12.8. The van der Waals surface area contributed by atoms with Crippen LogP contribution in [0.3, 0.4) is 0 Å². The minimum atomic E-state index is 0.0450. The summed E-state index contributed by atoms with van der Waals surface area (Å²) in [5, 5.41) is 11.1. The molecule has 0 atom stereocenters. The lowest BCUT2D eigenvalue weighted by molar-refractivity contribution is -0.117. The number of amides is 1. The maximum Gasteiger partial charge on any atom is 0.246 e. The highest BCUT2D eigenvalue weighted by molar-refractivity contribution is 5.98. The minimum Gasteiger partial charge on any atom is -0.357 e. The van der Waals surface area contributed by atoms with Gasteiger partial charge in [-0.15, -0.1) is 0 Å². The van der Waals surface area contributed by atoms with Crippen LogP contribution in [0.4, 0.5) is 5.69 Å². The summed E-state index contributed by atoms with van der Waals surface area (Å²) in [7, 11) is 0. The molecular weight excluding hydrogens is 400 g/mol. The van der Waals surface area contributed by atoms with E-state index in [1.54, 1.807) is 0 Å². The van der Waals surface area contributed by atoms with Crippen LogP contribution in [0.25, 0.3) is 5.69 Å². The number of carbonyl (C=O) groups is 1. The average Bonchev–Trinajstić information content (AvgIpc) is 3.38. The molecule has 1 aliphatic heterocycles. The van der Waals surface area contributed by atoms with Crippen molar-refractivity contribution in [2.24, 2.45) is 4.99 Å². The Hall–Kier alpha value is -3.61. The van der Waals surface area contributed by atoms with Crippen LogP contribution in [0, 0.1) is 13.8 Å². The first-order valence-electron chi connectivity index (χ1n) is 11.1. The van der Waals surface area contributed by atoms with Crippen LogP contribution in [0.5, 0.6) is 0 Å². The Balaban J connectivity index is 1.46. The lowest BCUT2D eigenvalue weighted by Gasteiger charge is -2.19. The molecule has 0 saturated carbocycles. The molecule has 0 unspecified atom stereocenters. The molecule has 0 fully saturated rings. The predicted octanol–water partition coefficient (Wildman–Crippen LogP) is 3.13. The Morgan fingerprint density at radius 3 is 2.56 bits per heavy atom. The summed E-state index contributed by atoms with van der Waals surface area (Å²) in [6.45, 7) is 8.17. The smallest absolute Gasteiger partial charge is 0.246 e. The largest absolute Gasteiger partial charge is 0.357 e. The Morgan fingerprint density at radius 2 is 1.81 bits per heavy atom. The highest BCUT2D eigenvalue weighted by Crippen LogP contribution is 2.27. The molecule has 32 heavy (non-hydrogen) atoms. The number of guanidine groups is 1. The third-order valence-corrected chi connectivity index (χ3v) is 5.58. The number of aliphatic imine (C=N–C) groups is 1. The number of para-hydroxylation sites is 2. The van der Waals surface area contributed by atoms with Crippen LogP contribution < -0.4 is 15.5 Å². The molecule has 0 aliphatic carbocycles. The number of anilines is 1. The summed E-state index contributed by atoms with van der Waals surface area (Å²) in [6.07, 6.45) is 0.902. The molecule has 166 valence electrons. The second-order valence-electron chi connectivity index (χ2n) is 7.94. The average molecular weight is 431 g/mol. The lowest BCUT2D eigenvalue weighted by Crippen LogP contribution is -2.44. The number of hydrogen-bond donors (Lipinski definition) is 2. The molecule has 2 heterocycles. The zero-order valence-corrected chi connectivity index (χ0v) is 18.9. The van der Waals surface area contributed by atoms with Crippen molar-refractivity contribution >= 4 is 17.6 Å². The number of rotatable bonds is 6. The topological polar surface area (TPSA) is 74.5 Å². The van der Waals surface area contributed by atoms with E-state index in [-0.39, 0.29) is 12.5 Å². The van der Waals surface area contributed by atoms with Crippen LogP contribution in [0.15, 0.2) is 59.6 Å². The van der Waals surface area contributed by atoms with Gasteiger partial charge in [-0.2, -0.15) is 5.10 Å². The van der Waals surface area contributed by atoms with Gasteiger partial charge in [-0.1, -0.05) is 36.4 Å². The standard InChI is InChI=1S/C25H30N6O/c1-4-26-25(28-17-24(32)30-14-13-20-9-5-7-11-22(20)30)27-16-21-10-6-8-12-23(21)31-19(3)15-18(2)29-31/h5-12,15H,4,13-14,16-17H2,1-3H3,(H2,26,27,28). The maximum absolute atomic E-state index is 12.8. The van der Waals surface area contributed by atoms with Gasteiger partial charge in [0.25, 0.3) is 0 Å². The number of benzene rings is 2. The van der Waals surface area contributed by atoms with Crippen molar-refractivity contribution in [1.29, 1.82) is 0 Å². The number of fused-ring (bicyclic) bond motifs is 1. The number of nitrogens with zero attached hydrogens (tertiary/aromatic N) is 4. The summed E-state index contributed by atoms with van der Waals surface area (Å²) in [5.74, 6) is 0.667. The second-order valence-corrected chi connectivity index (χ2v) is 7.94. The number of hydrogen-bond acceptors (Lipinski definition) is 3. The van der Waals surface area contributed by atoms with Gasteiger partial charge in [0.1, 0.15) is 0 Å². The molecular formula is C25H30N6O. The Bertz CT molecular complexity index is 1130. The van der Waals surface area contributed by atoms with Crippen LogP contribution in [-0.2, 0) is 17.8 Å². The second kappa shape index (κ2) is 9.68. The van der Waals surface area contributed by atoms with Crippen LogP contribution >= 0.6 is 0 Å². The van der Waals surface area contributed by atoms with E-state index in [2.05, 4.69) is 40.0 Å². The van der Waals surface area contributed by atoms with Gasteiger partial charge in [0.2, 0.25) is 5.91 Å². The van der Waals surface area contributed by atoms with E-state index in [9.17, 15) is 4.79 Å². The number of nitrogens with one attached hydrogen (secondary N) is 2. The summed E-state index contributed by atoms with van der Waals surface area (Å²) in [5.41, 5.74) is 6.39. The van der Waals surface area contributed by atoms with E-state index < -0.39 is 0 Å². The molecule has 0 saturated heterocycles. The molecule has 1 aliphatic rings. The zero-order valence-electron chi connectivity index (χ0n) is 18.9. The summed E-state index contributed by atoms with van der Waals surface area (Å²) >= 11 is 0. The van der Waals surface area contributed by atoms with E-state index in [0.29, 0.717) is 19.0 Å². The molecule has 2 aromatic carbocycles. The number of carbonyl (C=O) groups excluding carboxylic acids is 1. The van der Waals surface area contributed by atoms with Crippen molar-refractivity contribution in [1.82, 2.24) is 20.4 Å². The summed E-state index contributed by atoms with van der Waals surface area (Å²) in [4.78, 5) is 19.4. The fraction of sp³-hybridized carbons (Fsp3) is 0.320. The van der Waals surface area contributed by atoms with Crippen LogP contribution in [-0.4, -0.2) is 41.3 Å². The highest BCUT2D eigenvalue weighted by Gasteiger charge is 2.23. The quantitative estimate of drug-likeness (QED) is 0.465. The van der Waals surface area contributed by atoms with Gasteiger partial charge in [-0.05, 0) is 56.5 Å². The summed E-state index contributed by atoms with van der Waals surface area (Å²) < 4.78 is 1.95. The molecule has 2 N–H and O–H groups in total. The van der Waals surface area contributed by atoms with E-state index in [4.69, 9.17) is 4.99 Å². The molecule has 0 spiro atoms. The van der Waals surface area contributed by atoms with Gasteiger partial charge in [0.05, 0.1) is 24.5 Å². The third-order valence-electron chi connectivity index (χ3n) is 5.58. The van der Waals surface area contributed by atoms with E-state index in [1.807, 2.05) is 60.7 Å². The van der Waals surface area contributed by atoms with Gasteiger partial charge in [-0.3, -0.25) is 4.79 Å². The number of aryl methyl sites for hydroxylation is 2. The fourth-order valence-corrected chi connectivity index (χ4v) is 4.08. The van der Waals surface area contributed by atoms with Crippen LogP contribution in [0.1, 0.15) is 29.4 Å². The molecule has 4 rings (SSSR count). The third kappa shape index (κ3) is 4.66. The zero-order chi connectivity index (χ0) is 22.5. The number of aromatic nitrogens is 2. The van der Waals surface area contributed by atoms with Crippen molar-refractivity contribution in [3.8, 4) is 5.69 Å². The first kappa shape index (κ1) is 21.6. The van der Waals surface area contributed by atoms with E-state index in [0.717, 1.165) is 41.3 Å². The van der Waals surface area contributed by atoms with Gasteiger partial charge < -0.3 is 15.5 Å². The molecule has 7 nitrogen and oxygen atoms in total. The monoisotopic (exact) mass is 430 g/mol. The van der Waals surface area contributed by atoms with Gasteiger partial charge >= 0.3 is 0 Å². The van der Waals surface area contributed by atoms with Gasteiger partial charge in [-0.25, -0.2) is 9.67 Å². The lowest BCUT2D eigenvalue weighted by atomic mass is 10.2. The fourth-order valence-electron chi connectivity index (χ4n) is 4.08. The van der Waals surface area contributed by atoms with Gasteiger partial charge in [0, 0.05) is 24.5 Å². The molecule has 0 bridgehead atoms. The SMILES string of the molecule is CCNC(=NCc1ccccc1-n1nc(C)cc1C)NCC(=O)N1CCc2ccccc21. The molecule has 0 radical (unpaired) electrons. The van der Waals surface area contributed by atoms with Crippen molar-refractivity contribution < 1.29 is 4.79 Å². The molecule has 1 aromatic heterocycles. The Labute approximate surface area is 189 Å². The molecule has 1 amide bonds. The summed E-state index contributed by atoms with van der Waals surface area (Å²) in [6, 6.07) is 18.3. The van der Waals surface area contributed by atoms with E-state index in [1.165, 1.54) is 5.56 Å². The first-order chi connectivity index (χ1) is 15.6. The van der Waals surface area contributed by atoms with Crippen molar-refractivity contribution in [2.75, 3.05) is 24.5 Å². The van der Waals surface area contributed by atoms with Crippen molar-refractivity contribution in [2.45, 2.75) is 33.7 Å². The molecule has 3 aromatic rings.